The van der Waals surface area contributed by atoms with Crippen LogP contribution in [0, 0.1) is 0 Å². The van der Waals surface area contributed by atoms with E-state index < -0.39 is 0 Å². The van der Waals surface area contributed by atoms with E-state index in [1.807, 2.05) is 48.7 Å². The fourth-order valence-corrected chi connectivity index (χ4v) is 4.26. The molecule has 0 aliphatic carbocycles. The number of benzene rings is 1. The highest BCUT2D eigenvalue weighted by molar-refractivity contribution is 5.85. The minimum atomic E-state index is 0.220. The van der Waals surface area contributed by atoms with Gasteiger partial charge in [-0.1, -0.05) is 24.3 Å². The first-order valence-corrected chi connectivity index (χ1v) is 11.8. The number of imidazole rings is 1. The number of hydrogen-bond acceptors (Lipinski definition) is 8. The van der Waals surface area contributed by atoms with Crippen LogP contribution in [0.15, 0.2) is 61.1 Å². The number of aromatic nitrogens is 5. The summed E-state index contributed by atoms with van der Waals surface area (Å²) in [6.07, 6.45) is 3.45. The molecule has 1 saturated heterocycles. The number of para-hydroxylation sites is 1. The minimum absolute atomic E-state index is 0.220. The van der Waals surface area contributed by atoms with Crippen LogP contribution in [0.4, 0.5) is 17.6 Å². The maximum Gasteiger partial charge on any atom is 0.208 e. The summed E-state index contributed by atoms with van der Waals surface area (Å²) in [7, 11) is 0. The number of anilines is 3. The van der Waals surface area contributed by atoms with Gasteiger partial charge in [0, 0.05) is 38.4 Å². The van der Waals surface area contributed by atoms with Crippen molar-refractivity contribution in [2.24, 2.45) is 0 Å². The van der Waals surface area contributed by atoms with Crippen LogP contribution in [0.5, 0.6) is 5.75 Å². The topological polar surface area (TPSA) is 84.2 Å². The fraction of sp³-hybridized carbons (Fsp3) is 0.360. The number of pyridine rings is 1. The molecule has 0 saturated carbocycles. The number of nitrogens with one attached hydrogen (secondary N) is 1. The van der Waals surface area contributed by atoms with Crippen molar-refractivity contribution in [1.29, 1.82) is 0 Å². The van der Waals surface area contributed by atoms with Crippen LogP contribution in [0.2, 0.25) is 0 Å². The van der Waals surface area contributed by atoms with Gasteiger partial charge in [-0.05, 0) is 38.1 Å². The highest BCUT2D eigenvalue weighted by Crippen LogP contribution is 2.29. The van der Waals surface area contributed by atoms with Crippen molar-refractivity contribution in [2.75, 3.05) is 54.4 Å². The van der Waals surface area contributed by atoms with E-state index in [-0.39, 0.29) is 6.04 Å². The monoisotopic (exact) mass is 458 g/mol. The standard InChI is InChI=1S/C25H30N8O/c1-19(2)33-24-22(23(28-18-29-24)27-12-17-34-20-8-4-3-5-9-20)30-25(33)32-15-13-31(14-16-32)21-10-6-7-11-26-21/h3-11,18-19H,12-17H2,1-2H3,(H,27,28,29). The molecule has 4 aromatic rings. The summed E-state index contributed by atoms with van der Waals surface area (Å²) in [6, 6.07) is 16.1. The third-order valence-corrected chi connectivity index (χ3v) is 5.92. The molecule has 4 heterocycles. The van der Waals surface area contributed by atoms with Gasteiger partial charge in [-0.3, -0.25) is 4.57 Å². The zero-order valence-corrected chi connectivity index (χ0v) is 19.6. The molecular formula is C25H30N8O. The predicted molar refractivity (Wildman–Crippen MR) is 135 cm³/mol. The lowest BCUT2D eigenvalue weighted by Crippen LogP contribution is -2.47. The molecule has 0 bridgehead atoms. The van der Waals surface area contributed by atoms with Gasteiger partial charge in [0.1, 0.15) is 24.5 Å². The van der Waals surface area contributed by atoms with Crippen LogP contribution >= 0.6 is 0 Å². The van der Waals surface area contributed by atoms with Crippen LogP contribution in [0.1, 0.15) is 19.9 Å². The Morgan fingerprint density at radius 1 is 0.912 bits per heavy atom. The zero-order valence-electron chi connectivity index (χ0n) is 19.6. The summed E-state index contributed by atoms with van der Waals surface area (Å²) >= 11 is 0. The largest absolute Gasteiger partial charge is 0.492 e. The van der Waals surface area contributed by atoms with E-state index in [2.05, 4.69) is 54.5 Å². The number of rotatable bonds is 8. The number of nitrogens with zero attached hydrogens (tertiary/aromatic N) is 7. The molecule has 176 valence electrons. The molecule has 1 fully saturated rings. The van der Waals surface area contributed by atoms with Crippen LogP contribution in [-0.2, 0) is 0 Å². The normalized spacial score (nSPS) is 14.1. The first-order chi connectivity index (χ1) is 16.7. The molecule has 0 atom stereocenters. The maximum absolute atomic E-state index is 5.80. The van der Waals surface area contributed by atoms with Crippen molar-refractivity contribution in [3.05, 3.63) is 61.1 Å². The average molecular weight is 459 g/mol. The molecular weight excluding hydrogens is 428 g/mol. The van der Waals surface area contributed by atoms with Gasteiger partial charge >= 0.3 is 0 Å². The molecule has 0 unspecified atom stereocenters. The minimum Gasteiger partial charge on any atom is -0.492 e. The van der Waals surface area contributed by atoms with Crippen molar-refractivity contribution in [3.63, 3.8) is 0 Å². The first-order valence-electron chi connectivity index (χ1n) is 11.8. The molecule has 3 aromatic heterocycles. The van der Waals surface area contributed by atoms with Crippen molar-refractivity contribution >= 4 is 28.7 Å². The van der Waals surface area contributed by atoms with Crippen LogP contribution in [0.25, 0.3) is 11.2 Å². The van der Waals surface area contributed by atoms with Gasteiger partial charge in [-0.15, -0.1) is 0 Å². The molecule has 9 nitrogen and oxygen atoms in total. The molecule has 0 radical (unpaired) electrons. The second kappa shape index (κ2) is 9.94. The molecule has 0 amide bonds. The molecule has 0 spiro atoms. The van der Waals surface area contributed by atoms with Gasteiger partial charge < -0.3 is 19.9 Å². The molecule has 5 rings (SSSR count). The third-order valence-electron chi connectivity index (χ3n) is 5.92. The van der Waals surface area contributed by atoms with Gasteiger partial charge in [-0.25, -0.2) is 19.9 Å². The summed E-state index contributed by atoms with van der Waals surface area (Å²) < 4.78 is 8.01. The Labute approximate surface area is 199 Å². The summed E-state index contributed by atoms with van der Waals surface area (Å²) in [5.74, 6) is 3.55. The molecule has 1 aliphatic rings. The molecule has 1 aliphatic heterocycles. The zero-order chi connectivity index (χ0) is 23.3. The molecule has 1 N–H and O–H groups in total. The van der Waals surface area contributed by atoms with Crippen LogP contribution in [-0.4, -0.2) is 63.8 Å². The Morgan fingerprint density at radius 2 is 1.68 bits per heavy atom. The summed E-state index contributed by atoms with van der Waals surface area (Å²) in [6.45, 7) is 9.00. The van der Waals surface area contributed by atoms with E-state index in [4.69, 9.17) is 9.72 Å². The highest BCUT2D eigenvalue weighted by atomic mass is 16.5. The van der Waals surface area contributed by atoms with Crippen molar-refractivity contribution in [2.45, 2.75) is 19.9 Å². The Bertz CT molecular complexity index is 1200. The van der Waals surface area contributed by atoms with E-state index >= 15 is 0 Å². The quantitative estimate of drug-likeness (QED) is 0.401. The highest BCUT2D eigenvalue weighted by Gasteiger charge is 2.25. The molecule has 1 aromatic carbocycles. The summed E-state index contributed by atoms with van der Waals surface area (Å²) in [5, 5.41) is 3.38. The maximum atomic E-state index is 5.80. The second-order valence-electron chi connectivity index (χ2n) is 8.52. The molecule has 9 heteroatoms. The van der Waals surface area contributed by atoms with Crippen LogP contribution < -0.4 is 19.9 Å². The Kier molecular flexibility index (Phi) is 6.42. The third kappa shape index (κ3) is 4.59. The van der Waals surface area contributed by atoms with Gasteiger partial charge in [-0.2, -0.15) is 0 Å². The Hall–Kier alpha value is -3.88. The van der Waals surface area contributed by atoms with E-state index in [0.29, 0.717) is 13.2 Å². The van der Waals surface area contributed by atoms with E-state index in [0.717, 1.165) is 60.7 Å². The van der Waals surface area contributed by atoms with Gasteiger partial charge in [0.15, 0.2) is 17.0 Å². The number of fused-ring (bicyclic) bond motifs is 1. The van der Waals surface area contributed by atoms with E-state index in [1.54, 1.807) is 6.33 Å². The summed E-state index contributed by atoms with van der Waals surface area (Å²) in [4.78, 5) is 23.2. The number of hydrogen-bond donors (Lipinski definition) is 1. The van der Waals surface area contributed by atoms with Crippen molar-refractivity contribution < 1.29 is 4.74 Å². The predicted octanol–water partition coefficient (Wildman–Crippen LogP) is 3.62. The summed E-state index contributed by atoms with van der Waals surface area (Å²) in [5.41, 5.74) is 1.64. The number of ether oxygens (including phenoxy) is 1. The average Bonchev–Trinajstić information content (AvgIpc) is 3.29. The van der Waals surface area contributed by atoms with Gasteiger partial charge in [0.05, 0.1) is 6.54 Å². The lowest BCUT2D eigenvalue weighted by Gasteiger charge is -2.36. The Morgan fingerprint density at radius 3 is 2.41 bits per heavy atom. The van der Waals surface area contributed by atoms with Gasteiger partial charge in [0.25, 0.3) is 0 Å². The molecule has 34 heavy (non-hydrogen) atoms. The van der Waals surface area contributed by atoms with Crippen molar-refractivity contribution in [1.82, 2.24) is 24.5 Å². The fourth-order valence-electron chi connectivity index (χ4n) is 4.26. The van der Waals surface area contributed by atoms with Crippen molar-refractivity contribution in [3.8, 4) is 5.75 Å². The number of piperazine rings is 1. The smallest absolute Gasteiger partial charge is 0.208 e. The lowest BCUT2D eigenvalue weighted by molar-refractivity contribution is 0.333. The lowest BCUT2D eigenvalue weighted by atomic mass is 10.3. The first kappa shape index (κ1) is 21.9. The Balaban J connectivity index is 1.32. The van der Waals surface area contributed by atoms with Crippen LogP contribution in [0.3, 0.4) is 0 Å². The second-order valence-corrected chi connectivity index (χ2v) is 8.52. The van der Waals surface area contributed by atoms with E-state index in [1.165, 1.54) is 0 Å². The van der Waals surface area contributed by atoms with E-state index in [9.17, 15) is 0 Å². The van der Waals surface area contributed by atoms with Gasteiger partial charge in [0.2, 0.25) is 5.95 Å². The SMILES string of the molecule is CC(C)n1c(N2CCN(c3ccccn3)CC2)nc2c(NCCOc3ccccc3)ncnc21.